The molecule has 1 aromatic rings. The maximum Gasteiger partial charge on any atom is 0.313 e. The second-order valence-corrected chi connectivity index (χ2v) is 7.06. The number of likely N-dealkylation sites (tertiary alicyclic amines) is 1. The molecule has 1 atom stereocenters. The van der Waals surface area contributed by atoms with Crippen LogP contribution in [-0.2, 0) is 9.53 Å². The fourth-order valence-corrected chi connectivity index (χ4v) is 3.03. The van der Waals surface area contributed by atoms with Gasteiger partial charge in [-0.15, -0.1) is 0 Å². The summed E-state index contributed by atoms with van der Waals surface area (Å²) in [6.45, 7) is 5.07. The third kappa shape index (κ3) is 4.27. The second-order valence-electron chi connectivity index (χ2n) is 7.06. The van der Waals surface area contributed by atoms with Gasteiger partial charge in [-0.05, 0) is 24.5 Å². The van der Waals surface area contributed by atoms with E-state index in [1.165, 1.54) is 7.11 Å². The molecule has 0 saturated carbocycles. The number of hydrogen-bond donors (Lipinski definition) is 1. The number of nitrogens with zero attached hydrogens (tertiary/aromatic N) is 1. The van der Waals surface area contributed by atoms with Crippen LogP contribution in [0.15, 0.2) is 18.2 Å². The largest absolute Gasteiger partial charge is 0.497 e. The van der Waals surface area contributed by atoms with Crippen molar-refractivity contribution >= 4 is 11.9 Å². The average Bonchev–Trinajstić information content (AvgIpc) is 3.05. The van der Waals surface area contributed by atoms with Crippen LogP contribution >= 0.6 is 0 Å². The third-order valence-electron chi connectivity index (χ3n) is 4.51. The molecule has 1 aliphatic rings. The number of methoxy groups -OCH3 is 2. The number of aliphatic carboxylic acids is 1. The molecule has 2 rings (SSSR count). The van der Waals surface area contributed by atoms with Crippen molar-refractivity contribution in [1.82, 2.24) is 4.90 Å². The van der Waals surface area contributed by atoms with Gasteiger partial charge < -0.3 is 24.2 Å². The third-order valence-corrected chi connectivity index (χ3v) is 4.51. The van der Waals surface area contributed by atoms with Crippen LogP contribution in [-0.4, -0.2) is 62.4 Å². The molecule has 1 fully saturated rings. The lowest BCUT2D eigenvalue weighted by molar-refractivity contribution is -0.151. The molecule has 1 saturated heterocycles. The molecule has 1 N–H and O–H groups in total. The molecule has 1 amide bonds. The van der Waals surface area contributed by atoms with Gasteiger partial charge in [0.1, 0.15) is 16.9 Å². The maximum absolute atomic E-state index is 13.0. The highest BCUT2D eigenvalue weighted by Crippen LogP contribution is 2.34. The summed E-state index contributed by atoms with van der Waals surface area (Å²) in [5.41, 5.74) is -0.652. The quantitative estimate of drug-likeness (QED) is 0.761. The van der Waals surface area contributed by atoms with Gasteiger partial charge in [0.15, 0.2) is 0 Å². The van der Waals surface area contributed by atoms with Crippen LogP contribution in [0.1, 0.15) is 30.6 Å². The lowest BCUT2D eigenvalue weighted by Gasteiger charge is -2.24. The number of hydrogen-bond acceptors (Lipinski definition) is 5. The topological polar surface area (TPSA) is 85.3 Å². The van der Waals surface area contributed by atoms with Gasteiger partial charge in [0.05, 0.1) is 25.9 Å². The minimum atomic E-state index is -1.06. The molecule has 1 heterocycles. The fourth-order valence-electron chi connectivity index (χ4n) is 3.03. The average molecular weight is 365 g/mol. The van der Waals surface area contributed by atoms with Crippen molar-refractivity contribution in [2.45, 2.75) is 20.3 Å². The zero-order valence-corrected chi connectivity index (χ0v) is 15.8. The summed E-state index contributed by atoms with van der Waals surface area (Å²) < 4.78 is 16.1. The van der Waals surface area contributed by atoms with Gasteiger partial charge in [-0.2, -0.15) is 0 Å². The normalized spacial score (nSPS) is 19.7. The maximum atomic E-state index is 13.0. The highest BCUT2D eigenvalue weighted by molar-refractivity contribution is 5.98. The molecule has 0 aliphatic carbocycles. The molecule has 144 valence electrons. The number of rotatable bonds is 8. The summed E-state index contributed by atoms with van der Waals surface area (Å²) in [5.74, 6) is 0.159. The Balaban J connectivity index is 2.25. The first-order chi connectivity index (χ1) is 12.3. The highest BCUT2D eigenvalue weighted by Gasteiger charge is 2.46. The predicted molar refractivity (Wildman–Crippen MR) is 95.8 cm³/mol. The zero-order valence-electron chi connectivity index (χ0n) is 15.8. The molecule has 26 heavy (non-hydrogen) atoms. The monoisotopic (exact) mass is 365 g/mol. The van der Waals surface area contributed by atoms with E-state index in [0.717, 1.165) is 0 Å². The number of amides is 1. The lowest BCUT2D eigenvalue weighted by Crippen LogP contribution is -2.40. The van der Waals surface area contributed by atoms with E-state index in [4.69, 9.17) is 14.2 Å². The predicted octanol–water partition coefficient (Wildman–Crippen LogP) is 2.29. The van der Waals surface area contributed by atoms with Crippen molar-refractivity contribution in [1.29, 1.82) is 0 Å². The van der Waals surface area contributed by atoms with Gasteiger partial charge in [-0.25, -0.2) is 0 Å². The van der Waals surface area contributed by atoms with Crippen molar-refractivity contribution in [3.63, 3.8) is 0 Å². The first-order valence-corrected chi connectivity index (χ1v) is 8.65. The number of carbonyl (C=O) groups excluding carboxylic acids is 1. The Kier molecular flexibility index (Phi) is 6.47. The molecule has 0 aromatic heterocycles. The smallest absolute Gasteiger partial charge is 0.313 e. The summed E-state index contributed by atoms with van der Waals surface area (Å²) in [6, 6.07) is 5.05. The SMILES string of the molecule is COCC1(C(=O)O)CCN(C(=O)c2ccc(OC)cc2OCC(C)C)C1. The van der Waals surface area contributed by atoms with E-state index in [-0.39, 0.29) is 19.1 Å². The fraction of sp³-hybridized carbons (Fsp3) is 0.579. The summed E-state index contributed by atoms with van der Waals surface area (Å²) in [7, 11) is 3.02. The van der Waals surface area contributed by atoms with Crippen molar-refractivity contribution < 1.29 is 28.9 Å². The summed E-state index contributed by atoms with van der Waals surface area (Å²) in [5, 5.41) is 9.57. The molecular weight excluding hydrogens is 338 g/mol. The number of carbonyl (C=O) groups is 2. The minimum absolute atomic E-state index is 0.0748. The van der Waals surface area contributed by atoms with Gasteiger partial charge in [-0.3, -0.25) is 9.59 Å². The van der Waals surface area contributed by atoms with E-state index in [1.807, 2.05) is 13.8 Å². The highest BCUT2D eigenvalue weighted by atomic mass is 16.5. The van der Waals surface area contributed by atoms with Crippen molar-refractivity contribution in [2.75, 3.05) is 40.5 Å². The molecule has 1 unspecified atom stereocenters. The Labute approximate surface area is 153 Å². The minimum Gasteiger partial charge on any atom is -0.497 e. The van der Waals surface area contributed by atoms with Crippen LogP contribution in [0.4, 0.5) is 0 Å². The van der Waals surface area contributed by atoms with Gasteiger partial charge in [-0.1, -0.05) is 13.8 Å². The van der Waals surface area contributed by atoms with Crippen LogP contribution in [0.5, 0.6) is 11.5 Å². The molecule has 0 spiro atoms. The summed E-state index contributed by atoms with van der Waals surface area (Å²) in [6.07, 6.45) is 0.361. The van der Waals surface area contributed by atoms with Gasteiger partial charge in [0, 0.05) is 26.3 Å². The van der Waals surface area contributed by atoms with E-state index in [0.29, 0.717) is 42.6 Å². The first kappa shape index (κ1) is 20.0. The Morgan fingerprint density at radius 3 is 2.62 bits per heavy atom. The molecule has 1 aliphatic heterocycles. The van der Waals surface area contributed by atoms with Gasteiger partial charge in [0.25, 0.3) is 5.91 Å². The molecule has 7 heteroatoms. The molecule has 7 nitrogen and oxygen atoms in total. The van der Waals surface area contributed by atoms with Crippen molar-refractivity contribution in [3.8, 4) is 11.5 Å². The van der Waals surface area contributed by atoms with Crippen molar-refractivity contribution in [2.24, 2.45) is 11.3 Å². The number of carboxylic acids is 1. The van der Waals surface area contributed by atoms with Crippen LogP contribution < -0.4 is 9.47 Å². The van der Waals surface area contributed by atoms with E-state index in [1.54, 1.807) is 30.2 Å². The Morgan fingerprint density at radius 2 is 2.04 bits per heavy atom. The van der Waals surface area contributed by atoms with Crippen LogP contribution in [0.25, 0.3) is 0 Å². The van der Waals surface area contributed by atoms with Gasteiger partial charge in [0.2, 0.25) is 0 Å². The molecule has 0 bridgehead atoms. The van der Waals surface area contributed by atoms with Crippen LogP contribution in [0.3, 0.4) is 0 Å². The lowest BCUT2D eigenvalue weighted by atomic mass is 9.88. The van der Waals surface area contributed by atoms with Crippen LogP contribution in [0.2, 0.25) is 0 Å². The number of carboxylic acid groups (broad SMARTS) is 1. The van der Waals surface area contributed by atoms with E-state index < -0.39 is 11.4 Å². The standard InChI is InChI=1S/C19H27NO6/c1-13(2)10-26-16-9-14(25-4)5-6-15(16)17(21)20-8-7-19(11-20,12-24-3)18(22)23/h5-6,9,13H,7-8,10-12H2,1-4H3,(H,22,23). The Bertz CT molecular complexity index is 659. The number of ether oxygens (including phenoxy) is 3. The molecule has 1 aromatic carbocycles. The molecule has 0 radical (unpaired) electrons. The Morgan fingerprint density at radius 1 is 1.31 bits per heavy atom. The zero-order chi connectivity index (χ0) is 19.3. The first-order valence-electron chi connectivity index (χ1n) is 8.65. The van der Waals surface area contributed by atoms with E-state index in [9.17, 15) is 14.7 Å². The van der Waals surface area contributed by atoms with E-state index >= 15 is 0 Å². The number of benzene rings is 1. The molecular formula is C19H27NO6. The van der Waals surface area contributed by atoms with Crippen molar-refractivity contribution in [3.05, 3.63) is 23.8 Å². The summed E-state index contributed by atoms with van der Waals surface area (Å²) in [4.78, 5) is 26.2. The Hall–Kier alpha value is -2.28. The summed E-state index contributed by atoms with van der Waals surface area (Å²) >= 11 is 0. The second kappa shape index (κ2) is 8.40. The van der Waals surface area contributed by atoms with Crippen LogP contribution in [0, 0.1) is 11.3 Å². The van der Waals surface area contributed by atoms with Gasteiger partial charge >= 0.3 is 5.97 Å². The van der Waals surface area contributed by atoms with E-state index in [2.05, 4.69) is 0 Å².